The van der Waals surface area contributed by atoms with Crippen molar-refractivity contribution in [1.82, 2.24) is 9.62 Å². The SMILES string of the molecule is NCC1CCN(C(=O)c2sccc2S(=O)(=O)NCc2cccs2)C1. The van der Waals surface area contributed by atoms with Gasteiger partial charge in [0.05, 0.1) is 0 Å². The topological polar surface area (TPSA) is 92.5 Å². The summed E-state index contributed by atoms with van der Waals surface area (Å²) < 4.78 is 27.7. The Bertz CT molecular complexity index is 799. The summed E-state index contributed by atoms with van der Waals surface area (Å²) >= 11 is 2.65. The van der Waals surface area contributed by atoms with Crippen molar-refractivity contribution in [3.8, 4) is 0 Å². The molecule has 1 atom stereocenters. The van der Waals surface area contributed by atoms with Crippen LogP contribution in [0.5, 0.6) is 0 Å². The molecule has 3 rings (SSSR count). The van der Waals surface area contributed by atoms with Crippen LogP contribution in [0.4, 0.5) is 0 Å². The van der Waals surface area contributed by atoms with Crippen LogP contribution >= 0.6 is 22.7 Å². The van der Waals surface area contributed by atoms with E-state index in [1.54, 1.807) is 10.3 Å². The van der Waals surface area contributed by atoms with E-state index in [1.807, 2.05) is 17.5 Å². The van der Waals surface area contributed by atoms with Gasteiger partial charge in [-0.1, -0.05) is 6.07 Å². The standard InChI is InChI=1S/C15H19N3O3S3/c16-8-11-3-5-18(10-11)15(19)14-13(4-7-23-14)24(20,21)17-9-12-2-1-6-22-12/h1-2,4,6-7,11,17H,3,5,8-10,16H2. The lowest BCUT2D eigenvalue weighted by molar-refractivity contribution is 0.0789. The predicted molar refractivity (Wildman–Crippen MR) is 95.7 cm³/mol. The molecule has 3 heterocycles. The maximum atomic E-state index is 12.7. The van der Waals surface area contributed by atoms with E-state index in [0.717, 1.165) is 22.6 Å². The monoisotopic (exact) mass is 385 g/mol. The molecule has 0 saturated carbocycles. The average molecular weight is 386 g/mol. The minimum atomic E-state index is -3.72. The van der Waals surface area contributed by atoms with E-state index in [0.29, 0.717) is 25.6 Å². The first kappa shape index (κ1) is 17.6. The van der Waals surface area contributed by atoms with Crippen LogP contribution in [0.2, 0.25) is 0 Å². The van der Waals surface area contributed by atoms with Crippen LogP contribution in [0.3, 0.4) is 0 Å². The molecule has 3 N–H and O–H groups in total. The van der Waals surface area contributed by atoms with Crippen molar-refractivity contribution in [3.63, 3.8) is 0 Å². The molecule has 1 saturated heterocycles. The lowest BCUT2D eigenvalue weighted by Gasteiger charge is -2.16. The van der Waals surface area contributed by atoms with Crippen LogP contribution in [0.15, 0.2) is 33.9 Å². The molecule has 1 amide bonds. The molecule has 1 unspecified atom stereocenters. The van der Waals surface area contributed by atoms with Gasteiger partial charge in [-0.15, -0.1) is 22.7 Å². The Morgan fingerprint density at radius 3 is 2.83 bits per heavy atom. The van der Waals surface area contributed by atoms with Gasteiger partial charge in [-0.25, -0.2) is 13.1 Å². The van der Waals surface area contributed by atoms with Gasteiger partial charge in [0.1, 0.15) is 9.77 Å². The minimum absolute atomic E-state index is 0.0604. The third-order valence-corrected chi connectivity index (χ3v) is 7.39. The number of thiophene rings is 2. The number of carbonyl (C=O) groups is 1. The summed E-state index contributed by atoms with van der Waals surface area (Å²) in [6, 6.07) is 5.23. The minimum Gasteiger partial charge on any atom is -0.338 e. The molecule has 2 aromatic rings. The molecule has 0 bridgehead atoms. The van der Waals surface area contributed by atoms with Gasteiger partial charge in [-0.05, 0) is 41.8 Å². The number of sulfonamides is 1. The van der Waals surface area contributed by atoms with Crippen LogP contribution in [0.1, 0.15) is 21.0 Å². The Morgan fingerprint density at radius 1 is 1.33 bits per heavy atom. The first-order valence-corrected chi connectivity index (χ1v) is 10.8. The number of hydrogen-bond donors (Lipinski definition) is 2. The van der Waals surface area contributed by atoms with Gasteiger partial charge in [0, 0.05) is 24.5 Å². The normalized spacial score (nSPS) is 18.2. The van der Waals surface area contributed by atoms with Gasteiger partial charge in [0.25, 0.3) is 5.91 Å². The molecule has 6 nitrogen and oxygen atoms in total. The summed E-state index contributed by atoms with van der Waals surface area (Å²) in [5, 5.41) is 3.54. The molecule has 0 radical (unpaired) electrons. The largest absolute Gasteiger partial charge is 0.338 e. The predicted octanol–water partition coefficient (Wildman–Crippen LogP) is 1.71. The van der Waals surface area contributed by atoms with Crippen molar-refractivity contribution >= 4 is 38.6 Å². The number of amides is 1. The summed E-state index contributed by atoms with van der Waals surface area (Å²) in [7, 11) is -3.72. The van der Waals surface area contributed by atoms with Gasteiger partial charge < -0.3 is 10.6 Å². The highest BCUT2D eigenvalue weighted by molar-refractivity contribution is 7.89. The molecule has 1 aliphatic rings. The maximum absolute atomic E-state index is 12.7. The highest BCUT2D eigenvalue weighted by atomic mass is 32.2. The molecule has 130 valence electrons. The van der Waals surface area contributed by atoms with Crippen molar-refractivity contribution in [2.24, 2.45) is 11.7 Å². The third kappa shape index (κ3) is 3.70. The summed E-state index contributed by atoms with van der Waals surface area (Å²) in [6.07, 6.45) is 0.867. The molecule has 9 heteroatoms. The van der Waals surface area contributed by atoms with Crippen LogP contribution < -0.4 is 10.5 Å². The molecule has 2 aromatic heterocycles. The first-order chi connectivity index (χ1) is 11.5. The van der Waals surface area contributed by atoms with E-state index in [4.69, 9.17) is 5.73 Å². The van der Waals surface area contributed by atoms with E-state index in [-0.39, 0.29) is 22.2 Å². The fraction of sp³-hybridized carbons (Fsp3) is 0.400. The highest BCUT2D eigenvalue weighted by Gasteiger charge is 2.31. The van der Waals surface area contributed by atoms with Crippen LogP contribution in [-0.2, 0) is 16.6 Å². The molecule has 24 heavy (non-hydrogen) atoms. The fourth-order valence-corrected chi connectivity index (χ4v) is 5.80. The van der Waals surface area contributed by atoms with Gasteiger partial charge in [-0.2, -0.15) is 0 Å². The van der Waals surface area contributed by atoms with E-state index < -0.39 is 10.0 Å². The Kier molecular flexibility index (Phi) is 5.36. The molecular formula is C15H19N3O3S3. The number of rotatable bonds is 6. The molecule has 0 aliphatic carbocycles. The molecule has 1 fully saturated rings. The number of likely N-dealkylation sites (tertiary alicyclic amines) is 1. The summed E-state index contributed by atoms with van der Waals surface area (Å²) in [6.45, 7) is 1.99. The molecule has 0 aromatic carbocycles. The van der Waals surface area contributed by atoms with Crippen molar-refractivity contribution < 1.29 is 13.2 Å². The number of nitrogens with two attached hydrogens (primary N) is 1. The second-order valence-electron chi connectivity index (χ2n) is 5.66. The smallest absolute Gasteiger partial charge is 0.265 e. The van der Waals surface area contributed by atoms with Crippen molar-refractivity contribution in [2.45, 2.75) is 17.9 Å². The second-order valence-corrected chi connectivity index (χ2v) is 9.34. The maximum Gasteiger partial charge on any atom is 0.265 e. The lowest BCUT2D eigenvalue weighted by atomic mass is 10.1. The van der Waals surface area contributed by atoms with E-state index in [2.05, 4.69) is 4.72 Å². The summed E-state index contributed by atoms with van der Waals surface area (Å²) in [5.41, 5.74) is 5.66. The zero-order valence-electron chi connectivity index (χ0n) is 13.0. The van der Waals surface area contributed by atoms with Gasteiger partial charge in [0.15, 0.2) is 0 Å². The fourth-order valence-electron chi connectivity index (χ4n) is 2.68. The first-order valence-electron chi connectivity index (χ1n) is 7.60. The van der Waals surface area contributed by atoms with Crippen molar-refractivity contribution in [2.75, 3.05) is 19.6 Å². The number of nitrogens with one attached hydrogen (secondary N) is 1. The molecule has 1 aliphatic heterocycles. The molecule has 0 spiro atoms. The Hall–Kier alpha value is -1.26. The third-order valence-electron chi connectivity index (χ3n) is 4.04. The van der Waals surface area contributed by atoms with E-state index in [1.165, 1.54) is 17.4 Å². The quantitative estimate of drug-likeness (QED) is 0.792. The average Bonchev–Trinajstić information content (AvgIpc) is 3.33. The zero-order valence-corrected chi connectivity index (χ0v) is 15.4. The Labute approximate surface area is 149 Å². The Balaban J connectivity index is 1.75. The number of nitrogens with zero attached hydrogens (tertiary/aromatic N) is 1. The lowest BCUT2D eigenvalue weighted by Crippen LogP contribution is -2.31. The highest BCUT2D eigenvalue weighted by Crippen LogP contribution is 2.26. The summed E-state index contributed by atoms with van der Waals surface area (Å²) in [4.78, 5) is 15.6. The van der Waals surface area contributed by atoms with E-state index in [9.17, 15) is 13.2 Å². The number of carbonyl (C=O) groups excluding carboxylic acids is 1. The van der Waals surface area contributed by atoms with E-state index >= 15 is 0 Å². The summed E-state index contributed by atoms with van der Waals surface area (Å²) in [5.74, 6) is 0.0726. The molecular weight excluding hydrogens is 366 g/mol. The second kappa shape index (κ2) is 7.32. The van der Waals surface area contributed by atoms with Crippen LogP contribution in [-0.4, -0.2) is 38.9 Å². The van der Waals surface area contributed by atoms with Crippen molar-refractivity contribution in [3.05, 3.63) is 38.7 Å². The van der Waals surface area contributed by atoms with Crippen LogP contribution in [0.25, 0.3) is 0 Å². The van der Waals surface area contributed by atoms with Crippen molar-refractivity contribution in [1.29, 1.82) is 0 Å². The number of hydrogen-bond acceptors (Lipinski definition) is 6. The van der Waals surface area contributed by atoms with Gasteiger partial charge in [-0.3, -0.25) is 4.79 Å². The van der Waals surface area contributed by atoms with Gasteiger partial charge in [0.2, 0.25) is 10.0 Å². The van der Waals surface area contributed by atoms with Gasteiger partial charge >= 0.3 is 0 Å². The zero-order chi connectivity index (χ0) is 17.2. The van der Waals surface area contributed by atoms with Crippen LogP contribution in [0, 0.1) is 5.92 Å². The Morgan fingerprint density at radius 2 is 2.17 bits per heavy atom.